The molecule has 128 valence electrons. The topological polar surface area (TPSA) is 68.7 Å². The number of pyridine rings is 1. The maximum absolute atomic E-state index is 12.4. The lowest BCUT2D eigenvalue weighted by molar-refractivity contribution is -0.0579. The van der Waals surface area contributed by atoms with Crippen molar-refractivity contribution in [2.75, 3.05) is 37.8 Å². The lowest BCUT2D eigenvalue weighted by Gasteiger charge is -2.40. The summed E-state index contributed by atoms with van der Waals surface area (Å²) >= 11 is 0. The number of aromatic nitrogens is 1. The molecule has 2 saturated heterocycles. The normalized spacial score (nSPS) is 26.0. The van der Waals surface area contributed by atoms with Gasteiger partial charge in [-0.05, 0) is 32.9 Å². The standard InChI is InChI=1S/C16H24N2O4S/c1-15(2,3)23(19,20)14-5-4-13(10-17-14)18-7-9-22-16(11-18)6-8-21-12-16/h4-5,10H,6-9,11-12H2,1-3H3. The zero-order chi connectivity index (χ0) is 16.7. The van der Waals surface area contributed by atoms with Crippen LogP contribution in [0.1, 0.15) is 27.2 Å². The van der Waals surface area contributed by atoms with E-state index in [1.54, 1.807) is 33.0 Å². The molecule has 3 heterocycles. The summed E-state index contributed by atoms with van der Waals surface area (Å²) in [6.45, 7) is 8.57. The van der Waals surface area contributed by atoms with Crippen molar-refractivity contribution in [3.05, 3.63) is 18.3 Å². The van der Waals surface area contributed by atoms with E-state index in [0.29, 0.717) is 13.2 Å². The number of morpholine rings is 1. The molecule has 0 aromatic carbocycles. The highest BCUT2D eigenvalue weighted by Crippen LogP contribution is 2.30. The first-order valence-corrected chi connectivity index (χ1v) is 9.39. The van der Waals surface area contributed by atoms with E-state index >= 15 is 0 Å². The monoisotopic (exact) mass is 340 g/mol. The quantitative estimate of drug-likeness (QED) is 0.815. The van der Waals surface area contributed by atoms with Crippen LogP contribution in [0.5, 0.6) is 0 Å². The number of hydrogen-bond donors (Lipinski definition) is 0. The summed E-state index contributed by atoms with van der Waals surface area (Å²) in [6.07, 6.45) is 2.54. The van der Waals surface area contributed by atoms with Crippen LogP contribution in [-0.2, 0) is 19.3 Å². The summed E-state index contributed by atoms with van der Waals surface area (Å²) in [5.41, 5.74) is 0.696. The molecule has 2 aliphatic heterocycles. The van der Waals surface area contributed by atoms with Crippen LogP contribution in [0.15, 0.2) is 23.4 Å². The fourth-order valence-corrected chi connectivity index (χ4v) is 3.99. The maximum Gasteiger partial charge on any atom is 0.200 e. The van der Waals surface area contributed by atoms with Crippen LogP contribution in [-0.4, -0.2) is 56.7 Å². The Balaban J connectivity index is 1.80. The molecule has 0 aliphatic carbocycles. The third kappa shape index (κ3) is 3.09. The average molecular weight is 340 g/mol. The molecule has 0 amide bonds. The lowest BCUT2D eigenvalue weighted by atomic mass is 10.0. The van der Waals surface area contributed by atoms with E-state index in [4.69, 9.17) is 9.47 Å². The van der Waals surface area contributed by atoms with Gasteiger partial charge < -0.3 is 14.4 Å². The van der Waals surface area contributed by atoms with Crippen molar-refractivity contribution in [1.82, 2.24) is 4.98 Å². The van der Waals surface area contributed by atoms with Crippen molar-refractivity contribution in [3.63, 3.8) is 0 Å². The minimum Gasteiger partial charge on any atom is -0.378 e. The van der Waals surface area contributed by atoms with Gasteiger partial charge in [0.2, 0.25) is 0 Å². The molecule has 2 aliphatic rings. The fraction of sp³-hybridized carbons (Fsp3) is 0.688. The molecule has 0 bridgehead atoms. The third-order valence-corrected chi connectivity index (χ3v) is 6.89. The Labute approximate surface area is 137 Å². The van der Waals surface area contributed by atoms with Crippen molar-refractivity contribution in [3.8, 4) is 0 Å². The summed E-state index contributed by atoms with van der Waals surface area (Å²) in [5.74, 6) is 0. The van der Waals surface area contributed by atoms with Crippen LogP contribution in [0.4, 0.5) is 5.69 Å². The van der Waals surface area contributed by atoms with Crippen molar-refractivity contribution < 1.29 is 17.9 Å². The smallest absolute Gasteiger partial charge is 0.200 e. The molecule has 6 nitrogen and oxygen atoms in total. The Bertz CT molecular complexity index is 658. The van der Waals surface area contributed by atoms with Crippen LogP contribution in [0.3, 0.4) is 0 Å². The van der Waals surface area contributed by atoms with Gasteiger partial charge in [-0.15, -0.1) is 0 Å². The summed E-state index contributed by atoms with van der Waals surface area (Å²) < 4.78 is 35.4. The Morgan fingerprint density at radius 2 is 2.04 bits per heavy atom. The fourth-order valence-electron chi connectivity index (χ4n) is 2.92. The van der Waals surface area contributed by atoms with E-state index in [9.17, 15) is 8.42 Å². The second kappa shape index (κ2) is 5.72. The molecule has 2 fully saturated rings. The highest BCUT2D eigenvalue weighted by molar-refractivity contribution is 7.92. The first kappa shape index (κ1) is 16.7. The van der Waals surface area contributed by atoms with Crippen LogP contribution < -0.4 is 4.90 Å². The number of rotatable bonds is 2. The van der Waals surface area contributed by atoms with Gasteiger partial charge in [-0.3, -0.25) is 0 Å². The highest BCUT2D eigenvalue weighted by atomic mass is 32.2. The lowest BCUT2D eigenvalue weighted by Crippen LogP contribution is -2.52. The Morgan fingerprint density at radius 1 is 1.26 bits per heavy atom. The number of hydrogen-bond acceptors (Lipinski definition) is 6. The minimum absolute atomic E-state index is 0.126. The van der Waals surface area contributed by atoms with Crippen LogP contribution in [0, 0.1) is 0 Å². The number of nitrogens with zero attached hydrogens (tertiary/aromatic N) is 2. The Hall–Kier alpha value is -1.18. The van der Waals surface area contributed by atoms with Crippen molar-refractivity contribution in [2.24, 2.45) is 0 Å². The molecular formula is C16H24N2O4S. The minimum atomic E-state index is -3.42. The van der Waals surface area contributed by atoms with E-state index < -0.39 is 14.6 Å². The van der Waals surface area contributed by atoms with E-state index in [1.165, 1.54) is 0 Å². The van der Waals surface area contributed by atoms with Gasteiger partial charge in [0.1, 0.15) is 5.60 Å². The average Bonchev–Trinajstić information content (AvgIpc) is 2.94. The molecular weight excluding hydrogens is 316 g/mol. The second-order valence-corrected chi connectivity index (χ2v) is 9.88. The molecule has 23 heavy (non-hydrogen) atoms. The third-order valence-electron chi connectivity index (χ3n) is 4.48. The summed E-state index contributed by atoms with van der Waals surface area (Å²) in [5, 5.41) is 0.126. The van der Waals surface area contributed by atoms with Crippen molar-refractivity contribution in [1.29, 1.82) is 0 Å². The van der Waals surface area contributed by atoms with Crippen LogP contribution in [0.2, 0.25) is 0 Å². The van der Waals surface area contributed by atoms with Gasteiger partial charge in [0.05, 0.1) is 29.8 Å². The summed E-state index contributed by atoms with van der Waals surface area (Å²) in [4.78, 5) is 6.40. The van der Waals surface area contributed by atoms with Gasteiger partial charge in [-0.25, -0.2) is 13.4 Å². The largest absolute Gasteiger partial charge is 0.378 e. The van der Waals surface area contributed by atoms with E-state index in [1.807, 2.05) is 6.07 Å². The van der Waals surface area contributed by atoms with Crippen LogP contribution >= 0.6 is 0 Å². The van der Waals surface area contributed by atoms with Gasteiger partial charge >= 0.3 is 0 Å². The summed E-state index contributed by atoms with van der Waals surface area (Å²) in [7, 11) is -3.42. The predicted molar refractivity (Wildman–Crippen MR) is 87.5 cm³/mol. The van der Waals surface area contributed by atoms with Gasteiger partial charge in [0, 0.05) is 26.1 Å². The SMILES string of the molecule is CC(C)(C)S(=O)(=O)c1ccc(N2CCOC3(CCOC3)C2)cn1. The van der Waals surface area contributed by atoms with Gasteiger partial charge in [-0.2, -0.15) is 0 Å². The zero-order valence-corrected chi connectivity index (χ0v) is 14.7. The number of ether oxygens (including phenoxy) is 2. The predicted octanol–water partition coefficient (Wildman–Crippen LogP) is 1.65. The molecule has 1 spiro atoms. The first-order valence-electron chi connectivity index (χ1n) is 7.91. The van der Waals surface area contributed by atoms with Gasteiger partial charge in [-0.1, -0.05) is 0 Å². The molecule has 1 atom stereocenters. The number of sulfone groups is 1. The molecule has 1 unspecified atom stereocenters. The number of anilines is 1. The Morgan fingerprint density at radius 3 is 2.61 bits per heavy atom. The zero-order valence-electron chi connectivity index (χ0n) is 13.9. The second-order valence-electron chi connectivity index (χ2n) is 7.23. The first-order chi connectivity index (χ1) is 10.7. The molecule has 0 N–H and O–H groups in total. The summed E-state index contributed by atoms with van der Waals surface area (Å²) in [6, 6.07) is 3.43. The van der Waals surface area contributed by atoms with Crippen LogP contribution in [0.25, 0.3) is 0 Å². The molecule has 7 heteroatoms. The molecule has 1 aromatic heterocycles. The molecule has 0 radical (unpaired) electrons. The molecule has 1 aromatic rings. The van der Waals surface area contributed by atoms with Crippen molar-refractivity contribution >= 4 is 15.5 Å². The highest BCUT2D eigenvalue weighted by Gasteiger charge is 2.40. The van der Waals surface area contributed by atoms with E-state index in [-0.39, 0.29) is 10.6 Å². The van der Waals surface area contributed by atoms with Crippen molar-refractivity contribution in [2.45, 2.75) is 42.6 Å². The van der Waals surface area contributed by atoms with E-state index in [2.05, 4.69) is 9.88 Å². The van der Waals surface area contributed by atoms with Gasteiger partial charge in [0.25, 0.3) is 0 Å². The van der Waals surface area contributed by atoms with E-state index in [0.717, 1.165) is 31.8 Å². The van der Waals surface area contributed by atoms with Gasteiger partial charge in [0.15, 0.2) is 14.9 Å². The Kier molecular flexibility index (Phi) is 4.14. The maximum atomic E-state index is 12.4. The molecule has 0 saturated carbocycles. The molecule has 3 rings (SSSR count).